The van der Waals surface area contributed by atoms with Crippen LogP contribution < -0.4 is 10.7 Å². The summed E-state index contributed by atoms with van der Waals surface area (Å²) >= 11 is 0. The Morgan fingerprint density at radius 2 is 1.88 bits per heavy atom. The SMILES string of the molecule is CCC[Si](N)(CC)CCCN1CCNCC1. The molecule has 0 aliphatic carbocycles. The predicted molar refractivity (Wildman–Crippen MR) is 74.3 cm³/mol. The van der Waals surface area contributed by atoms with Crippen LogP contribution in [-0.2, 0) is 0 Å². The molecule has 0 radical (unpaired) electrons. The molecule has 1 heterocycles. The molecule has 16 heavy (non-hydrogen) atoms. The first-order chi connectivity index (χ1) is 7.70. The van der Waals surface area contributed by atoms with Gasteiger partial charge in [0.1, 0.15) is 8.24 Å². The van der Waals surface area contributed by atoms with E-state index in [2.05, 4.69) is 24.1 Å². The Labute approximate surface area is 102 Å². The van der Waals surface area contributed by atoms with Crippen LogP contribution >= 0.6 is 0 Å². The van der Waals surface area contributed by atoms with Crippen molar-refractivity contribution in [3.05, 3.63) is 0 Å². The van der Waals surface area contributed by atoms with Gasteiger partial charge >= 0.3 is 0 Å². The number of hydrogen-bond donors (Lipinski definition) is 2. The number of nitrogens with zero attached hydrogens (tertiary/aromatic N) is 1. The largest absolute Gasteiger partial charge is 0.351 e. The van der Waals surface area contributed by atoms with Gasteiger partial charge in [-0.2, -0.15) is 0 Å². The van der Waals surface area contributed by atoms with Crippen molar-refractivity contribution in [2.45, 2.75) is 44.8 Å². The molecule has 1 aliphatic rings. The lowest BCUT2D eigenvalue weighted by Crippen LogP contribution is -2.46. The Hall–Kier alpha value is 0.0969. The number of rotatable bonds is 7. The molecule has 0 amide bonds. The quantitative estimate of drug-likeness (QED) is 0.668. The van der Waals surface area contributed by atoms with Crippen molar-refractivity contribution in [1.82, 2.24) is 10.2 Å². The summed E-state index contributed by atoms with van der Waals surface area (Å²) in [6.07, 6.45) is 2.58. The molecule has 1 saturated heterocycles. The third-order valence-electron chi connectivity index (χ3n) is 3.81. The summed E-state index contributed by atoms with van der Waals surface area (Å²) < 4.78 is 0. The number of piperazine rings is 1. The summed E-state index contributed by atoms with van der Waals surface area (Å²) in [6.45, 7) is 10.6. The van der Waals surface area contributed by atoms with E-state index < -0.39 is 8.24 Å². The number of nitrogens with two attached hydrogens (primary N) is 1. The van der Waals surface area contributed by atoms with Crippen LogP contribution in [0.1, 0.15) is 26.7 Å². The van der Waals surface area contributed by atoms with Gasteiger partial charge in [0, 0.05) is 26.2 Å². The van der Waals surface area contributed by atoms with Gasteiger partial charge in [-0.15, -0.1) is 0 Å². The summed E-state index contributed by atoms with van der Waals surface area (Å²) in [4.78, 5) is 2.58. The van der Waals surface area contributed by atoms with Crippen LogP contribution in [0.15, 0.2) is 0 Å². The van der Waals surface area contributed by atoms with Crippen molar-refractivity contribution in [3.63, 3.8) is 0 Å². The van der Waals surface area contributed by atoms with Gasteiger partial charge in [-0.25, -0.2) is 0 Å². The lowest BCUT2D eigenvalue weighted by molar-refractivity contribution is 0.241. The molecule has 1 atom stereocenters. The van der Waals surface area contributed by atoms with Gasteiger partial charge in [0.15, 0.2) is 0 Å². The molecule has 0 aromatic heterocycles. The van der Waals surface area contributed by atoms with Crippen LogP contribution in [0.4, 0.5) is 0 Å². The van der Waals surface area contributed by atoms with E-state index in [-0.39, 0.29) is 0 Å². The topological polar surface area (TPSA) is 41.3 Å². The Bertz CT molecular complexity index is 183. The van der Waals surface area contributed by atoms with Crippen LogP contribution in [0.3, 0.4) is 0 Å². The van der Waals surface area contributed by atoms with Crippen molar-refractivity contribution in [2.24, 2.45) is 5.40 Å². The lowest BCUT2D eigenvalue weighted by Gasteiger charge is -2.29. The van der Waals surface area contributed by atoms with E-state index in [1.54, 1.807) is 0 Å². The highest BCUT2D eigenvalue weighted by molar-refractivity contribution is 6.76. The first kappa shape index (κ1) is 14.2. The molecule has 4 heteroatoms. The minimum atomic E-state index is -1.35. The fourth-order valence-corrected chi connectivity index (χ4v) is 5.38. The van der Waals surface area contributed by atoms with Gasteiger partial charge in [-0.3, -0.25) is 0 Å². The van der Waals surface area contributed by atoms with Gasteiger partial charge in [0.2, 0.25) is 0 Å². The molecule has 1 fully saturated rings. The molecule has 3 nitrogen and oxygen atoms in total. The molecule has 0 bridgehead atoms. The van der Waals surface area contributed by atoms with Gasteiger partial charge in [-0.1, -0.05) is 20.3 Å². The van der Waals surface area contributed by atoms with Gasteiger partial charge < -0.3 is 15.6 Å². The van der Waals surface area contributed by atoms with Crippen molar-refractivity contribution < 1.29 is 0 Å². The van der Waals surface area contributed by atoms with Crippen LogP contribution in [0.2, 0.25) is 18.1 Å². The molecule has 1 unspecified atom stereocenters. The third-order valence-corrected chi connectivity index (χ3v) is 8.06. The maximum Gasteiger partial charge on any atom is 0.122 e. The highest BCUT2D eigenvalue weighted by atomic mass is 28.3. The highest BCUT2D eigenvalue weighted by Crippen LogP contribution is 2.18. The van der Waals surface area contributed by atoms with Gasteiger partial charge in [0.05, 0.1) is 0 Å². The summed E-state index contributed by atoms with van der Waals surface area (Å²) in [5.74, 6) is 0. The van der Waals surface area contributed by atoms with Crippen LogP contribution in [-0.4, -0.2) is 45.9 Å². The molecule has 96 valence electrons. The van der Waals surface area contributed by atoms with Crippen LogP contribution in [0, 0.1) is 0 Å². The standard InChI is InChI=1S/C12H29N3Si/c1-3-11-16(13,4-2)12-5-8-15-9-6-14-7-10-15/h14H,3-13H2,1-2H3. The van der Waals surface area contributed by atoms with Crippen molar-refractivity contribution >= 4 is 8.24 Å². The molecular weight excluding hydrogens is 214 g/mol. The van der Waals surface area contributed by atoms with Crippen molar-refractivity contribution in [3.8, 4) is 0 Å². The van der Waals surface area contributed by atoms with E-state index in [4.69, 9.17) is 5.40 Å². The van der Waals surface area contributed by atoms with Gasteiger partial charge in [0.25, 0.3) is 0 Å². The lowest BCUT2D eigenvalue weighted by atomic mass is 10.3. The molecule has 3 N–H and O–H groups in total. The second-order valence-corrected chi connectivity index (χ2v) is 9.59. The van der Waals surface area contributed by atoms with Gasteiger partial charge in [-0.05, 0) is 31.1 Å². The fourth-order valence-electron chi connectivity index (χ4n) is 2.57. The molecule has 0 saturated carbocycles. The maximum absolute atomic E-state index is 6.53. The average molecular weight is 243 g/mol. The Morgan fingerprint density at radius 1 is 1.19 bits per heavy atom. The minimum Gasteiger partial charge on any atom is -0.351 e. The summed E-state index contributed by atoms with van der Waals surface area (Å²) in [7, 11) is -1.35. The Kier molecular flexibility index (Phi) is 6.57. The first-order valence-electron chi connectivity index (χ1n) is 6.92. The zero-order valence-corrected chi connectivity index (χ0v) is 12.1. The maximum atomic E-state index is 6.53. The minimum absolute atomic E-state index is 1.16. The normalized spacial score (nSPS) is 21.9. The molecule has 0 spiro atoms. The Morgan fingerprint density at radius 3 is 2.44 bits per heavy atom. The molecule has 1 rings (SSSR count). The van der Waals surface area contributed by atoms with Crippen molar-refractivity contribution in [2.75, 3.05) is 32.7 Å². The van der Waals surface area contributed by atoms with E-state index in [9.17, 15) is 0 Å². The third kappa shape index (κ3) is 4.95. The van der Waals surface area contributed by atoms with Crippen molar-refractivity contribution in [1.29, 1.82) is 0 Å². The molecule has 1 aliphatic heterocycles. The Balaban J connectivity index is 2.16. The molecular formula is C12H29N3Si. The fraction of sp³-hybridized carbons (Fsp3) is 1.00. The number of hydrogen-bond acceptors (Lipinski definition) is 3. The summed E-state index contributed by atoms with van der Waals surface area (Å²) in [6, 6.07) is 3.88. The average Bonchev–Trinajstić information content (AvgIpc) is 2.31. The zero-order chi connectivity index (χ0) is 11.9. The first-order valence-corrected chi connectivity index (χ1v) is 9.62. The van der Waals surface area contributed by atoms with E-state index >= 15 is 0 Å². The number of nitrogens with one attached hydrogen (secondary N) is 1. The predicted octanol–water partition coefficient (Wildman–Crippen LogP) is 1.62. The van der Waals surface area contributed by atoms with E-state index in [0.717, 1.165) is 13.1 Å². The van der Waals surface area contributed by atoms with E-state index in [1.165, 1.54) is 50.6 Å². The highest BCUT2D eigenvalue weighted by Gasteiger charge is 2.24. The monoisotopic (exact) mass is 243 g/mol. The molecule has 0 aromatic rings. The zero-order valence-electron chi connectivity index (χ0n) is 11.1. The van der Waals surface area contributed by atoms with Crippen LogP contribution in [0.5, 0.6) is 0 Å². The second-order valence-electron chi connectivity index (χ2n) is 5.16. The smallest absolute Gasteiger partial charge is 0.122 e. The summed E-state index contributed by atoms with van der Waals surface area (Å²) in [5, 5.41) is 9.93. The van der Waals surface area contributed by atoms with E-state index in [0.29, 0.717) is 0 Å². The second kappa shape index (κ2) is 7.43. The summed E-state index contributed by atoms with van der Waals surface area (Å²) in [5.41, 5.74) is 0. The van der Waals surface area contributed by atoms with Crippen LogP contribution in [0.25, 0.3) is 0 Å². The van der Waals surface area contributed by atoms with E-state index in [1.807, 2.05) is 0 Å². The molecule has 0 aromatic carbocycles.